The molecular weight excluding hydrogens is 300 g/mol. The number of alkyl carbamates (subject to hydrolysis) is 1. The van der Waals surface area contributed by atoms with E-state index in [1.807, 2.05) is 20.8 Å². The highest BCUT2D eigenvalue weighted by molar-refractivity contribution is 5.68. The lowest BCUT2D eigenvalue weighted by Crippen LogP contribution is -2.47. The molecule has 0 aromatic heterocycles. The van der Waals surface area contributed by atoms with E-state index in [0.717, 1.165) is 43.4 Å². The quantitative estimate of drug-likeness (QED) is 0.807. The van der Waals surface area contributed by atoms with Crippen LogP contribution in [0.4, 0.5) is 4.79 Å². The molecule has 1 amide bonds. The van der Waals surface area contributed by atoms with Gasteiger partial charge in [0.25, 0.3) is 0 Å². The van der Waals surface area contributed by atoms with Crippen LogP contribution in [0.25, 0.3) is 0 Å². The minimum atomic E-state index is -0.418. The van der Waals surface area contributed by atoms with Crippen LogP contribution in [0.1, 0.15) is 79.1 Å². The highest BCUT2D eigenvalue weighted by Crippen LogP contribution is 2.49. The van der Waals surface area contributed by atoms with Gasteiger partial charge in [-0.1, -0.05) is 6.42 Å². The molecule has 0 aromatic carbocycles. The summed E-state index contributed by atoms with van der Waals surface area (Å²) < 4.78 is 5.36. The smallest absolute Gasteiger partial charge is 0.407 e. The summed E-state index contributed by atoms with van der Waals surface area (Å²) in [6.45, 7) is 8.12. The van der Waals surface area contributed by atoms with E-state index in [0.29, 0.717) is 12.1 Å². The minimum Gasteiger partial charge on any atom is -0.444 e. The summed E-state index contributed by atoms with van der Waals surface area (Å²) in [5, 5.41) is 6.95. The Labute approximate surface area is 147 Å². The maximum Gasteiger partial charge on any atom is 0.407 e. The number of nitrogens with one attached hydrogen (secondary N) is 2. The molecule has 3 saturated carbocycles. The number of carbonyl (C=O) groups excluding carboxylic acids is 1. The van der Waals surface area contributed by atoms with Gasteiger partial charge in [-0.05, 0) is 90.4 Å². The third-order valence-electron chi connectivity index (χ3n) is 6.38. The van der Waals surface area contributed by atoms with Crippen LogP contribution in [0, 0.1) is 17.8 Å². The largest absolute Gasteiger partial charge is 0.444 e. The second kappa shape index (κ2) is 7.23. The summed E-state index contributed by atoms with van der Waals surface area (Å²) in [5.74, 6) is 2.92. The van der Waals surface area contributed by atoms with Crippen molar-refractivity contribution in [3.63, 3.8) is 0 Å². The van der Waals surface area contributed by atoms with Crippen molar-refractivity contribution in [1.29, 1.82) is 0 Å². The van der Waals surface area contributed by atoms with Crippen molar-refractivity contribution in [2.45, 2.75) is 103 Å². The van der Waals surface area contributed by atoms with Crippen molar-refractivity contribution in [2.75, 3.05) is 0 Å². The third kappa shape index (κ3) is 4.65. The number of fused-ring (bicyclic) bond motifs is 2. The Morgan fingerprint density at radius 3 is 2.21 bits per heavy atom. The van der Waals surface area contributed by atoms with Crippen molar-refractivity contribution in [2.24, 2.45) is 17.8 Å². The molecule has 3 rings (SSSR count). The molecule has 24 heavy (non-hydrogen) atoms. The van der Waals surface area contributed by atoms with Crippen molar-refractivity contribution in [1.82, 2.24) is 10.6 Å². The lowest BCUT2D eigenvalue weighted by molar-refractivity contribution is 0.0488. The first-order chi connectivity index (χ1) is 11.3. The molecule has 3 aliphatic rings. The van der Waals surface area contributed by atoms with E-state index in [1.54, 1.807) is 0 Å². The topological polar surface area (TPSA) is 50.4 Å². The number of carbonyl (C=O) groups is 1. The predicted molar refractivity (Wildman–Crippen MR) is 96.9 cm³/mol. The average Bonchev–Trinajstić information content (AvgIpc) is 3.10. The maximum absolute atomic E-state index is 11.9. The van der Waals surface area contributed by atoms with Gasteiger partial charge in [-0.3, -0.25) is 0 Å². The maximum atomic E-state index is 11.9. The van der Waals surface area contributed by atoms with E-state index in [9.17, 15) is 4.79 Å². The van der Waals surface area contributed by atoms with Crippen molar-refractivity contribution < 1.29 is 9.53 Å². The highest BCUT2D eigenvalue weighted by Gasteiger charge is 2.42. The molecule has 0 heterocycles. The van der Waals surface area contributed by atoms with Crippen LogP contribution in [0.3, 0.4) is 0 Å². The standard InChI is InChI=1S/C20H36N2O2/c1-13(18-12-14-5-6-15(18)11-14)21-16-7-9-17(10-8-16)22-19(23)24-20(2,3)4/h13-18,21H,5-12H2,1-4H3,(H,22,23). The number of amides is 1. The molecule has 0 spiro atoms. The second-order valence-corrected chi connectivity index (χ2v) is 9.49. The first-order valence-electron chi connectivity index (χ1n) is 10.1. The molecule has 3 fully saturated rings. The normalized spacial score (nSPS) is 37.2. The summed E-state index contributed by atoms with van der Waals surface area (Å²) >= 11 is 0. The van der Waals surface area contributed by atoms with E-state index in [4.69, 9.17) is 4.74 Å². The number of ether oxygens (including phenoxy) is 1. The Hall–Kier alpha value is -0.770. The predicted octanol–water partition coefficient (Wildman–Crippen LogP) is 4.24. The van der Waals surface area contributed by atoms with Crippen molar-refractivity contribution in [3.05, 3.63) is 0 Å². The van der Waals surface area contributed by atoms with Crippen LogP contribution >= 0.6 is 0 Å². The molecule has 4 atom stereocenters. The Bertz CT molecular complexity index is 437. The van der Waals surface area contributed by atoms with Gasteiger partial charge < -0.3 is 15.4 Å². The molecule has 4 unspecified atom stereocenters. The SMILES string of the molecule is CC(NC1CCC(NC(=O)OC(C)(C)C)CC1)C1CC2CCC1C2. The van der Waals surface area contributed by atoms with Gasteiger partial charge in [-0.15, -0.1) is 0 Å². The van der Waals surface area contributed by atoms with Gasteiger partial charge in [-0.2, -0.15) is 0 Å². The minimum absolute atomic E-state index is 0.269. The Kier molecular flexibility index (Phi) is 5.43. The van der Waals surface area contributed by atoms with Gasteiger partial charge in [0.1, 0.15) is 5.60 Å². The van der Waals surface area contributed by atoms with Crippen molar-refractivity contribution in [3.8, 4) is 0 Å². The van der Waals surface area contributed by atoms with Crippen LogP contribution in [0.15, 0.2) is 0 Å². The first-order valence-corrected chi connectivity index (χ1v) is 10.1. The van der Waals surface area contributed by atoms with E-state index in [1.165, 1.54) is 25.7 Å². The summed E-state index contributed by atoms with van der Waals surface area (Å²) in [6.07, 6.45) is 10.0. The number of hydrogen-bond donors (Lipinski definition) is 2. The lowest BCUT2D eigenvalue weighted by atomic mass is 9.82. The zero-order valence-corrected chi connectivity index (χ0v) is 15.9. The summed E-state index contributed by atoms with van der Waals surface area (Å²) in [7, 11) is 0. The zero-order chi connectivity index (χ0) is 17.3. The molecule has 3 aliphatic carbocycles. The monoisotopic (exact) mass is 336 g/mol. The second-order valence-electron chi connectivity index (χ2n) is 9.49. The summed E-state index contributed by atoms with van der Waals surface area (Å²) in [4.78, 5) is 11.9. The average molecular weight is 337 g/mol. The van der Waals surface area contributed by atoms with E-state index < -0.39 is 5.60 Å². The molecule has 0 aliphatic heterocycles. The summed E-state index contributed by atoms with van der Waals surface area (Å²) in [6, 6.07) is 1.55. The van der Waals surface area contributed by atoms with E-state index in [-0.39, 0.29) is 12.1 Å². The Balaban J connectivity index is 1.37. The van der Waals surface area contributed by atoms with Gasteiger partial charge in [0.15, 0.2) is 0 Å². The molecule has 0 aromatic rings. The molecule has 0 saturated heterocycles. The zero-order valence-electron chi connectivity index (χ0n) is 15.9. The van der Waals surface area contributed by atoms with E-state index in [2.05, 4.69) is 17.6 Å². The number of rotatable bonds is 4. The highest BCUT2D eigenvalue weighted by atomic mass is 16.6. The molecule has 4 heteroatoms. The van der Waals surface area contributed by atoms with Crippen LogP contribution in [-0.4, -0.2) is 29.8 Å². The molecule has 0 radical (unpaired) electrons. The molecule has 2 N–H and O–H groups in total. The Morgan fingerprint density at radius 2 is 1.67 bits per heavy atom. The summed E-state index contributed by atoms with van der Waals surface area (Å²) in [5.41, 5.74) is -0.418. The lowest BCUT2D eigenvalue weighted by Gasteiger charge is -2.35. The van der Waals surface area contributed by atoms with Gasteiger partial charge >= 0.3 is 6.09 Å². The number of hydrogen-bond acceptors (Lipinski definition) is 3. The fourth-order valence-corrected chi connectivity index (χ4v) is 5.28. The fraction of sp³-hybridized carbons (Fsp3) is 0.950. The van der Waals surface area contributed by atoms with Crippen LogP contribution in [0.2, 0.25) is 0 Å². The van der Waals surface area contributed by atoms with Crippen LogP contribution in [-0.2, 0) is 4.74 Å². The first kappa shape index (κ1) is 18.0. The van der Waals surface area contributed by atoms with Gasteiger partial charge in [-0.25, -0.2) is 4.79 Å². The van der Waals surface area contributed by atoms with E-state index >= 15 is 0 Å². The molecule has 4 nitrogen and oxygen atoms in total. The fourth-order valence-electron chi connectivity index (χ4n) is 5.28. The molecular formula is C20H36N2O2. The van der Waals surface area contributed by atoms with Gasteiger partial charge in [0, 0.05) is 18.1 Å². The van der Waals surface area contributed by atoms with Crippen LogP contribution in [0.5, 0.6) is 0 Å². The third-order valence-corrected chi connectivity index (χ3v) is 6.38. The van der Waals surface area contributed by atoms with Crippen LogP contribution < -0.4 is 10.6 Å². The van der Waals surface area contributed by atoms with Gasteiger partial charge in [0.2, 0.25) is 0 Å². The molecule has 138 valence electrons. The Morgan fingerprint density at radius 1 is 1.00 bits per heavy atom. The van der Waals surface area contributed by atoms with Crippen molar-refractivity contribution >= 4 is 6.09 Å². The molecule has 2 bridgehead atoms. The van der Waals surface area contributed by atoms with Gasteiger partial charge in [0.05, 0.1) is 0 Å².